The zero-order valence-electron chi connectivity index (χ0n) is 16.9. The number of carbonyl (C=O) groups is 2. The first kappa shape index (κ1) is 20.2. The SMILES string of the molecule is Cc1ccc(C2=C(Nc3ccc(C)c(Cl)c3)C(=O)N(CC(C)C)C2=O)c(C)c1. The molecular weight excluding hydrogens is 372 g/mol. The molecule has 1 aliphatic rings. The number of imide groups is 1. The van der Waals surface area contributed by atoms with Crippen molar-refractivity contribution >= 4 is 34.7 Å². The minimum absolute atomic E-state index is 0.182. The molecule has 0 aromatic heterocycles. The molecule has 0 saturated heterocycles. The molecule has 1 N–H and O–H groups in total. The number of anilines is 1. The van der Waals surface area contributed by atoms with Crippen LogP contribution < -0.4 is 5.32 Å². The van der Waals surface area contributed by atoms with Gasteiger partial charge in [0.05, 0.1) is 5.57 Å². The lowest BCUT2D eigenvalue weighted by molar-refractivity contribution is -0.137. The van der Waals surface area contributed by atoms with Crippen LogP contribution in [0.15, 0.2) is 42.1 Å². The largest absolute Gasteiger partial charge is 0.350 e. The van der Waals surface area contributed by atoms with Gasteiger partial charge in [-0.2, -0.15) is 0 Å². The van der Waals surface area contributed by atoms with E-state index >= 15 is 0 Å². The van der Waals surface area contributed by atoms with E-state index in [1.165, 1.54) is 4.90 Å². The Hall–Kier alpha value is -2.59. The fourth-order valence-corrected chi connectivity index (χ4v) is 3.56. The average Bonchev–Trinajstić information content (AvgIpc) is 2.83. The zero-order valence-corrected chi connectivity index (χ0v) is 17.6. The zero-order chi connectivity index (χ0) is 20.6. The molecule has 3 rings (SSSR count). The molecule has 0 fully saturated rings. The van der Waals surface area contributed by atoms with Gasteiger partial charge in [0, 0.05) is 17.3 Å². The van der Waals surface area contributed by atoms with Gasteiger partial charge in [-0.3, -0.25) is 14.5 Å². The minimum Gasteiger partial charge on any atom is -0.350 e. The lowest BCUT2D eigenvalue weighted by Gasteiger charge is -2.17. The number of nitrogens with zero attached hydrogens (tertiary/aromatic N) is 1. The first-order chi connectivity index (χ1) is 13.2. The van der Waals surface area contributed by atoms with Crippen LogP contribution in [0.5, 0.6) is 0 Å². The third-order valence-electron chi connectivity index (χ3n) is 4.81. The van der Waals surface area contributed by atoms with E-state index in [-0.39, 0.29) is 17.7 Å². The molecule has 0 unspecified atom stereocenters. The maximum absolute atomic E-state index is 13.2. The molecule has 0 saturated carbocycles. The monoisotopic (exact) mass is 396 g/mol. The first-order valence-electron chi connectivity index (χ1n) is 9.40. The van der Waals surface area contributed by atoms with Gasteiger partial charge in [0.1, 0.15) is 5.70 Å². The predicted octanol–water partition coefficient (Wildman–Crippen LogP) is 5.11. The van der Waals surface area contributed by atoms with Crippen molar-refractivity contribution in [1.29, 1.82) is 0 Å². The molecule has 1 heterocycles. The predicted molar refractivity (Wildman–Crippen MR) is 114 cm³/mol. The second-order valence-corrected chi connectivity index (χ2v) is 8.18. The van der Waals surface area contributed by atoms with Gasteiger partial charge in [0.2, 0.25) is 0 Å². The van der Waals surface area contributed by atoms with Crippen LogP contribution in [0.4, 0.5) is 5.69 Å². The number of aryl methyl sites for hydroxylation is 3. The van der Waals surface area contributed by atoms with Gasteiger partial charge in [-0.15, -0.1) is 0 Å². The summed E-state index contributed by atoms with van der Waals surface area (Å²) in [5.74, 6) is -0.377. The van der Waals surface area contributed by atoms with Crippen molar-refractivity contribution in [3.63, 3.8) is 0 Å². The van der Waals surface area contributed by atoms with E-state index < -0.39 is 0 Å². The highest BCUT2D eigenvalue weighted by Crippen LogP contribution is 2.33. The van der Waals surface area contributed by atoms with Crippen LogP contribution in [0.3, 0.4) is 0 Å². The summed E-state index contributed by atoms with van der Waals surface area (Å²) >= 11 is 6.24. The highest BCUT2D eigenvalue weighted by molar-refractivity contribution is 6.37. The third-order valence-corrected chi connectivity index (χ3v) is 5.22. The van der Waals surface area contributed by atoms with Crippen molar-refractivity contribution in [2.75, 3.05) is 11.9 Å². The summed E-state index contributed by atoms with van der Waals surface area (Å²) in [6.45, 7) is 10.2. The van der Waals surface area contributed by atoms with Gasteiger partial charge >= 0.3 is 0 Å². The van der Waals surface area contributed by atoms with Crippen LogP contribution in [-0.2, 0) is 9.59 Å². The quantitative estimate of drug-likeness (QED) is 0.714. The number of hydrogen-bond donors (Lipinski definition) is 1. The molecule has 2 aromatic rings. The van der Waals surface area contributed by atoms with Crippen molar-refractivity contribution in [3.8, 4) is 0 Å². The summed E-state index contributed by atoms with van der Waals surface area (Å²) in [4.78, 5) is 27.6. The number of halogens is 1. The fraction of sp³-hybridized carbons (Fsp3) is 0.304. The fourth-order valence-electron chi connectivity index (χ4n) is 3.38. The van der Waals surface area contributed by atoms with Gasteiger partial charge in [-0.05, 0) is 55.5 Å². The summed E-state index contributed by atoms with van der Waals surface area (Å²) < 4.78 is 0. The number of amides is 2. The molecular formula is C23H25ClN2O2. The van der Waals surface area contributed by atoms with E-state index in [0.717, 1.165) is 22.3 Å². The lowest BCUT2D eigenvalue weighted by atomic mass is 9.97. The van der Waals surface area contributed by atoms with Crippen molar-refractivity contribution in [2.24, 2.45) is 5.92 Å². The topological polar surface area (TPSA) is 49.4 Å². The molecule has 0 aliphatic carbocycles. The van der Waals surface area contributed by atoms with Gasteiger partial charge < -0.3 is 5.32 Å². The third kappa shape index (κ3) is 3.83. The van der Waals surface area contributed by atoms with Crippen molar-refractivity contribution in [3.05, 3.63) is 69.4 Å². The summed E-state index contributed by atoms with van der Waals surface area (Å²) in [5, 5.41) is 3.77. The Balaban J connectivity index is 2.12. The minimum atomic E-state index is -0.301. The summed E-state index contributed by atoms with van der Waals surface area (Å²) in [7, 11) is 0. The van der Waals surface area contributed by atoms with E-state index in [2.05, 4.69) is 5.32 Å². The van der Waals surface area contributed by atoms with Gasteiger partial charge in [0.15, 0.2) is 0 Å². The second kappa shape index (κ2) is 7.80. The Morgan fingerprint density at radius 3 is 2.29 bits per heavy atom. The molecule has 4 nitrogen and oxygen atoms in total. The van der Waals surface area contributed by atoms with E-state index in [1.54, 1.807) is 6.07 Å². The maximum Gasteiger partial charge on any atom is 0.278 e. The van der Waals surface area contributed by atoms with Crippen LogP contribution >= 0.6 is 11.6 Å². The summed E-state index contributed by atoms with van der Waals surface area (Å²) in [6.07, 6.45) is 0. The first-order valence-corrected chi connectivity index (χ1v) is 9.78. The number of carbonyl (C=O) groups excluding carboxylic acids is 2. The molecule has 0 radical (unpaired) electrons. The Labute approximate surface area is 171 Å². The summed E-state index contributed by atoms with van der Waals surface area (Å²) in [5.41, 5.74) is 5.20. The molecule has 2 amide bonds. The smallest absolute Gasteiger partial charge is 0.278 e. The molecule has 2 aromatic carbocycles. The average molecular weight is 397 g/mol. The summed E-state index contributed by atoms with van der Waals surface area (Å²) in [6, 6.07) is 11.4. The van der Waals surface area contributed by atoms with E-state index in [1.807, 2.05) is 65.0 Å². The number of hydrogen-bond acceptors (Lipinski definition) is 3. The highest BCUT2D eigenvalue weighted by atomic mass is 35.5. The second-order valence-electron chi connectivity index (χ2n) is 7.77. The van der Waals surface area contributed by atoms with Gasteiger partial charge in [-0.25, -0.2) is 0 Å². The van der Waals surface area contributed by atoms with Crippen molar-refractivity contribution in [2.45, 2.75) is 34.6 Å². The van der Waals surface area contributed by atoms with Crippen LogP contribution in [0.2, 0.25) is 5.02 Å². The van der Waals surface area contributed by atoms with Gasteiger partial charge in [-0.1, -0.05) is 55.3 Å². The normalized spacial score (nSPS) is 14.5. The Morgan fingerprint density at radius 2 is 1.68 bits per heavy atom. The van der Waals surface area contributed by atoms with Crippen LogP contribution in [0.1, 0.15) is 36.1 Å². The molecule has 0 spiro atoms. The highest BCUT2D eigenvalue weighted by Gasteiger charge is 2.39. The van der Waals surface area contributed by atoms with Crippen LogP contribution in [0.25, 0.3) is 5.57 Å². The Morgan fingerprint density at radius 1 is 0.964 bits per heavy atom. The van der Waals surface area contributed by atoms with E-state index in [9.17, 15) is 9.59 Å². The number of benzene rings is 2. The Kier molecular flexibility index (Phi) is 5.61. The van der Waals surface area contributed by atoms with Crippen LogP contribution in [-0.4, -0.2) is 23.3 Å². The van der Waals surface area contributed by atoms with Crippen molar-refractivity contribution < 1.29 is 9.59 Å². The Bertz CT molecular complexity index is 992. The molecule has 0 atom stereocenters. The van der Waals surface area contributed by atoms with Crippen LogP contribution in [0, 0.1) is 26.7 Å². The molecule has 1 aliphatic heterocycles. The van der Waals surface area contributed by atoms with E-state index in [4.69, 9.17) is 11.6 Å². The standard InChI is InChI=1S/C23H25ClN2O2/c1-13(2)12-26-22(27)20(18-9-6-14(3)10-16(18)5)21(23(26)28)25-17-8-7-15(4)19(24)11-17/h6-11,13,25H,12H2,1-5H3. The lowest BCUT2D eigenvalue weighted by Crippen LogP contribution is -2.35. The molecule has 5 heteroatoms. The molecule has 28 heavy (non-hydrogen) atoms. The number of nitrogens with one attached hydrogen (secondary N) is 1. The van der Waals surface area contributed by atoms with E-state index in [0.29, 0.717) is 28.5 Å². The van der Waals surface area contributed by atoms with Crippen molar-refractivity contribution in [1.82, 2.24) is 4.90 Å². The molecule has 0 bridgehead atoms. The number of rotatable bonds is 5. The maximum atomic E-state index is 13.2. The molecule has 146 valence electrons. The van der Waals surface area contributed by atoms with Gasteiger partial charge in [0.25, 0.3) is 11.8 Å².